The van der Waals surface area contributed by atoms with E-state index < -0.39 is 12.0 Å². The third-order valence-electron chi connectivity index (χ3n) is 4.19. The highest BCUT2D eigenvalue weighted by molar-refractivity contribution is 5.82. The van der Waals surface area contributed by atoms with Crippen molar-refractivity contribution in [2.75, 3.05) is 0 Å². The first-order valence-corrected chi connectivity index (χ1v) is 7.25. The van der Waals surface area contributed by atoms with Gasteiger partial charge < -0.3 is 15.7 Å². The van der Waals surface area contributed by atoms with Gasteiger partial charge >= 0.3 is 12.0 Å². The molecule has 0 heterocycles. The molecular formula is C14H26N2O3. The number of urea groups is 1. The number of carbonyl (C=O) groups is 2. The van der Waals surface area contributed by atoms with Gasteiger partial charge in [-0.1, -0.05) is 40.0 Å². The highest BCUT2D eigenvalue weighted by Crippen LogP contribution is 2.23. The summed E-state index contributed by atoms with van der Waals surface area (Å²) in [6, 6.07) is -1.00. The molecule has 2 amide bonds. The van der Waals surface area contributed by atoms with Gasteiger partial charge in [0.15, 0.2) is 0 Å². The zero-order valence-electron chi connectivity index (χ0n) is 12.1. The maximum Gasteiger partial charge on any atom is 0.326 e. The summed E-state index contributed by atoms with van der Waals surface area (Å²) >= 11 is 0. The van der Waals surface area contributed by atoms with Gasteiger partial charge in [-0.15, -0.1) is 0 Å². The largest absolute Gasteiger partial charge is 0.480 e. The van der Waals surface area contributed by atoms with E-state index in [0.717, 1.165) is 25.7 Å². The molecule has 1 aliphatic carbocycles. The molecule has 0 aliphatic heterocycles. The van der Waals surface area contributed by atoms with Crippen LogP contribution in [0.5, 0.6) is 0 Å². The summed E-state index contributed by atoms with van der Waals surface area (Å²) in [7, 11) is 0. The van der Waals surface area contributed by atoms with E-state index in [2.05, 4.69) is 17.6 Å². The number of hydrogen-bond acceptors (Lipinski definition) is 2. The summed E-state index contributed by atoms with van der Waals surface area (Å²) in [5.74, 6) is -0.584. The van der Waals surface area contributed by atoms with Gasteiger partial charge in [-0.3, -0.25) is 0 Å². The molecule has 1 aliphatic rings. The van der Waals surface area contributed by atoms with Crippen LogP contribution in [0, 0.1) is 11.8 Å². The van der Waals surface area contributed by atoms with Crippen molar-refractivity contribution < 1.29 is 14.7 Å². The van der Waals surface area contributed by atoms with E-state index >= 15 is 0 Å². The van der Waals surface area contributed by atoms with E-state index in [-0.39, 0.29) is 18.0 Å². The number of aliphatic carboxylic acids is 1. The molecule has 0 spiro atoms. The van der Waals surface area contributed by atoms with Crippen molar-refractivity contribution in [1.29, 1.82) is 0 Å². The number of amides is 2. The van der Waals surface area contributed by atoms with Crippen LogP contribution in [0.15, 0.2) is 0 Å². The predicted octanol–water partition coefficient (Wildman–Crippen LogP) is 2.36. The van der Waals surface area contributed by atoms with Crippen molar-refractivity contribution in [1.82, 2.24) is 10.6 Å². The lowest BCUT2D eigenvalue weighted by molar-refractivity contribution is -0.140. The molecule has 0 aromatic carbocycles. The second kappa shape index (κ2) is 7.36. The van der Waals surface area contributed by atoms with Gasteiger partial charge in [0.2, 0.25) is 0 Å². The van der Waals surface area contributed by atoms with Gasteiger partial charge in [-0.05, 0) is 24.7 Å². The molecule has 5 heteroatoms. The monoisotopic (exact) mass is 270 g/mol. The van der Waals surface area contributed by atoms with E-state index in [4.69, 9.17) is 5.11 Å². The third kappa shape index (κ3) is 4.73. The zero-order valence-corrected chi connectivity index (χ0v) is 12.1. The summed E-state index contributed by atoms with van der Waals surface area (Å²) in [4.78, 5) is 23.1. The van der Waals surface area contributed by atoms with Crippen molar-refractivity contribution in [3.05, 3.63) is 0 Å². The second-order valence-electron chi connectivity index (χ2n) is 5.69. The van der Waals surface area contributed by atoms with Crippen LogP contribution in [-0.4, -0.2) is 29.2 Å². The fourth-order valence-corrected chi connectivity index (χ4v) is 2.57. The van der Waals surface area contributed by atoms with Crippen LogP contribution in [0.4, 0.5) is 4.79 Å². The van der Waals surface area contributed by atoms with E-state index in [9.17, 15) is 9.59 Å². The van der Waals surface area contributed by atoms with E-state index in [0.29, 0.717) is 5.92 Å². The van der Waals surface area contributed by atoms with Gasteiger partial charge in [0.25, 0.3) is 0 Å². The van der Waals surface area contributed by atoms with E-state index in [1.807, 2.05) is 13.8 Å². The lowest BCUT2D eigenvalue weighted by atomic mass is 9.86. The van der Waals surface area contributed by atoms with Crippen molar-refractivity contribution >= 4 is 12.0 Å². The van der Waals surface area contributed by atoms with Crippen LogP contribution in [0.3, 0.4) is 0 Å². The SMILES string of the molecule is CC[C@H](C)[C@@H](NC(=O)N[C@@H]1CCCC[C@@H]1C)C(=O)O. The zero-order chi connectivity index (χ0) is 14.4. The topological polar surface area (TPSA) is 78.4 Å². The highest BCUT2D eigenvalue weighted by Gasteiger charge is 2.28. The molecule has 0 aromatic heterocycles. The van der Waals surface area contributed by atoms with Crippen LogP contribution in [0.25, 0.3) is 0 Å². The van der Waals surface area contributed by atoms with Crippen LogP contribution >= 0.6 is 0 Å². The van der Waals surface area contributed by atoms with Gasteiger partial charge in [-0.25, -0.2) is 9.59 Å². The van der Waals surface area contributed by atoms with Crippen molar-refractivity contribution in [2.24, 2.45) is 11.8 Å². The first-order chi connectivity index (χ1) is 8.95. The average molecular weight is 270 g/mol. The van der Waals surface area contributed by atoms with Crippen LogP contribution in [0.1, 0.15) is 52.9 Å². The molecule has 3 N–H and O–H groups in total. The lowest BCUT2D eigenvalue weighted by Crippen LogP contribution is -2.52. The molecule has 4 atom stereocenters. The molecule has 0 saturated heterocycles. The van der Waals surface area contributed by atoms with E-state index in [1.54, 1.807) is 0 Å². The standard InChI is InChI=1S/C14H26N2O3/c1-4-9(2)12(13(17)18)16-14(19)15-11-8-6-5-7-10(11)3/h9-12H,4-8H2,1-3H3,(H,17,18)(H2,15,16,19)/t9-,10-,11+,12+/m0/s1. The Morgan fingerprint density at radius 2 is 1.95 bits per heavy atom. The summed E-state index contributed by atoms with van der Waals surface area (Å²) in [5.41, 5.74) is 0. The average Bonchev–Trinajstić information content (AvgIpc) is 2.37. The Kier molecular flexibility index (Phi) is 6.12. The molecule has 0 aromatic rings. The van der Waals surface area contributed by atoms with Gasteiger partial charge in [0, 0.05) is 6.04 Å². The van der Waals surface area contributed by atoms with Crippen LogP contribution in [-0.2, 0) is 4.79 Å². The highest BCUT2D eigenvalue weighted by atomic mass is 16.4. The number of carbonyl (C=O) groups excluding carboxylic acids is 1. The molecule has 5 nitrogen and oxygen atoms in total. The number of carboxylic acid groups (broad SMARTS) is 1. The molecule has 19 heavy (non-hydrogen) atoms. The first kappa shape index (κ1) is 15.8. The molecule has 1 rings (SSSR count). The van der Waals surface area contributed by atoms with Gasteiger partial charge in [0.1, 0.15) is 6.04 Å². The quantitative estimate of drug-likeness (QED) is 0.717. The minimum atomic E-state index is -0.971. The summed E-state index contributed by atoms with van der Waals surface area (Å²) in [5, 5.41) is 14.6. The van der Waals surface area contributed by atoms with Crippen LogP contribution in [0.2, 0.25) is 0 Å². The Labute approximate surface area is 115 Å². The maximum atomic E-state index is 11.9. The Morgan fingerprint density at radius 3 is 2.47 bits per heavy atom. The number of rotatable bonds is 5. The fourth-order valence-electron chi connectivity index (χ4n) is 2.57. The minimum Gasteiger partial charge on any atom is -0.480 e. The molecule has 0 bridgehead atoms. The molecule has 110 valence electrons. The molecular weight excluding hydrogens is 244 g/mol. The lowest BCUT2D eigenvalue weighted by Gasteiger charge is -2.30. The van der Waals surface area contributed by atoms with Gasteiger partial charge in [-0.2, -0.15) is 0 Å². The van der Waals surface area contributed by atoms with Crippen molar-refractivity contribution in [3.63, 3.8) is 0 Å². The Balaban J connectivity index is 2.50. The summed E-state index contributed by atoms with van der Waals surface area (Å²) < 4.78 is 0. The molecule has 0 radical (unpaired) electrons. The predicted molar refractivity (Wildman–Crippen MR) is 74.0 cm³/mol. The van der Waals surface area contributed by atoms with Gasteiger partial charge in [0.05, 0.1) is 0 Å². The van der Waals surface area contributed by atoms with Crippen molar-refractivity contribution in [2.45, 2.75) is 65.0 Å². The smallest absolute Gasteiger partial charge is 0.326 e. The number of nitrogens with one attached hydrogen (secondary N) is 2. The third-order valence-corrected chi connectivity index (χ3v) is 4.19. The van der Waals surface area contributed by atoms with Crippen LogP contribution < -0.4 is 10.6 Å². The fraction of sp³-hybridized carbons (Fsp3) is 0.857. The Morgan fingerprint density at radius 1 is 1.32 bits per heavy atom. The maximum absolute atomic E-state index is 11.9. The van der Waals surface area contributed by atoms with Crippen molar-refractivity contribution in [3.8, 4) is 0 Å². The Bertz CT molecular complexity index is 320. The molecule has 0 unspecified atom stereocenters. The first-order valence-electron chi connectivity index (χ1n) is 7.25. The number of hydrogen-bond donors (Lipinski definition) is 3. The summed E-state index contributed by atoms with van der Waals surface area (Å²) in [6.45, 7) is 5.89. The number of carboxylic acids is 1. The normalized spacial score (nSPS) is 26.3. The Hall–Kier alpha value is -1.26. The molecule has 1 saturated carbocycles. The second-order valence-corrected chi connectivity index (χ2v) is 5.69. The summed E-state index contributed by atoms with van der Waals surface area (Å²) in [6.07, 6.45) is 5.17. The van der Waals surface area contributed by atoms with E-state index in [1.165, 1.54) is 6.42 Å². The minimum absolute atomic E-state index is 0.0768. The molecule has 1 fully saturated rings.